The molecule has 1 atom stereocenters. The molecule has 1 unspecified atom stereocenters. The highest BCUT2D eigenvalue weighted by atomic mass is 32.1. The van der Waals surface area contributed by atoms with Crippen molar-refractivity contribution in [3.63, 3.8) is 0 Å². The molecule has 4 aromatic rings. The van der Waals surface area contributed by atoms with E-state index >= 15 is 0 Å². The fourth-order valence-electron chi connectivity index (χ4n) is 4.20. The number of carbonyl (C=O) groups is 1. The number of hydrogen-bond donors (Lipinski definition) is 2. The van der Waals surface area contributed by atoms with Gasteiger partial charge in [0.25, 0.3) is 5.91 Å². The lowest BCUT2D eigenvalue weighted by atomic mass is 9.98. The average molecular weight is 418 g/mol. The monoisotopic (exact) mass is 417 g/mol. The molecule has 6 nitrogen and oxygen atoms in total. The maximum Gasteiger partial charge on any atom is 0.280 e. The Hall–Kier alpha value is -3.06. The zero-order chi connectivity index (χ0) is 20.7. The van der Waals surface area contributed by atoms with Gasteiger partial charge in [-0.3, -0.25) is 4.79 Å². The molecule has 0 spiro atoms. The third-order valence-corrected chi connectivity index (χ3v) is 6.91. The van der Waals surface area contributed by atoms with Crippen molar-refractivity contribution < 1.29 is 4.79 Å². The first kappa shape index (κ1) is 18.9. The molecule has 1 aliphatic rings. The molecular weight excluding hydrogens is 394 g/mol. The van der Waals surface area contributed by atoms with Gasteiger partial charge >= 0.3 is 0 Å². The fourth-order valence-corrected chi connectivity index (χ4v) is 5.25. The van der Waals surface area contributed by atoms with E-state index in [0.29, 0.717) is 5.01 Å². The summed E-state index contributed by atoms with van der Waals surface area (Å²) in [5, 5.41) is 4.71. The van der Waals surface area contributed by atoms with Crippen molar-refractivity contribution in [2.75, 3.05) is 0 Å². The van der Waals surface area contributed by atoms with Gasteiger partial charge < -0.3 is 10.3 Å². The molecule has 3 aromatic heterocycles. The molecule has 0 radical (unpaired) electrons. The van der Waals surface area contributed by atoms with Crippen LogP contribution in [0.5, 0.6) is 0 Å². The van der Waals surface area contributed by atoms with Crippen molar-refractivity contribution in [1.82, 2.24) is 25.3 Å². The van der Waals surface area contributed by atoms with Crippen molar-refractivity contribution in [3.8, 4) is 11.3 Å². The summed E-state index contributed by atoms with van der Waals surface area (Å²) in [5.41, 5.74) is 6.09. The highest BCUT2D eigenvalue weighted by Gasteiger charge is 2.21. The molecule has 0 fully saturated rings. The van der Waals surface area contributed by atoms with Crippen LogP contribution in [0.3, 0.4) is 0 Å². The van der Waals surface area contributed by atoms with E-state index in [2.05, 4.69) is 50.4 Å². The van der Waals surface area contributed by atoms with Crippen molar-refractivity contribution in [2.24, 2.45) is 0 Å². The summed E-state index contributed by atoms with van der Waals surface area (Å²) in [5.74, 6) is -0.0878. The topological polar surface area (TPSA) is 83.6 Å². The molecule has 0 aliphatic heterocycles. The summed E-state index contributed by atoms with van der Waals surface area (Å²) in [6.07, 6.45) is 7.85. The van der Waals surface area contributed by atoms with E-state index in [4.69, 9.17) is 0 Å². The minimum absolute atomic E-state index is 0.0878. The normalized spacial score (nSPS) is 14.5. The number of hydrogen-bond acceptors (Lipinski definition) is 5. The molecule has 2 N–H and O–H groups in total. The first-order valence-electron chi connectivity index (χ1n) is 10.3. The Labute approximate surface area is 178 Å². The van der Waals surface area contributed by atoms with Crippen LogP contribution >= 0.6 is 11.3 Å². The second-order valence-electron chi connectivity index (χ2n) is 7.82. The van der Waals surface area contributed by atoms with Crippen LogP contribution in [0.15, 0.2) is 36.8 Å². The molecule has 152 valence electrons. The van der Waals surface area contributed by atoms with Crippen molar-refractivity contribution in [1.29, 1.82) is 0 Å². The zero-order valence-corrected chi connectivity index (χ0v) is 17.8. The fraction of sp³-hybridized carbons (Fsp3) is 0.304. The van der Waals surface area contributed by atoms with Gasteiger partial charge in [-0.2, -0.15) is 0 Å². The maximum absolute atomic E-state index is 12.8. The molecule has 3 heterocycles. The van der Waals surface area contributed by atoms with Crippen LogP contribution in [0.4, 0.5) is 0 Å². The van der Waals surface area contributed by atoms with Gasteiger partial charge in [0.2, 0.25) is 0 Å². The Morgan fingerprint density at radius 2 is 2.07 bits per heavy atom. The summed E-state index contributed by atoms with van der Waals surface area (Å²) >= 11 is 1.55. The van der Waals surface area contributed by atoms with Crippen LogP contribution in [0.25, 0.3) is 22.3 Å². The summed E-state index contributed by atoms with van der Waals surface area (Å²) in [4.78, 5) is 30.5. The Kier molecular flexibility index (Phi) is 4.83. The van der Waals surface area contributed by atoms with Crippen LogP contribution in [-0.2, 0) is 12.8 Å². The van der Waals surface area contributed by atoms with Gasteiger partial charge in [-0.15, -0.1) is 11.3 Å². The summed E-state index contributed by atoms with van der Waals surface area (Å²) in [6.45, 7) is 4.08. The first-order valence-corrected chi connectivity index (χ1v) is 11.1. The van der Waals surface area contributed by atoms with Crippen LogP contribution in [0.1, 0.15) is 57.3 Å². The number of amides is 1. The van der Waals surface area contributed by atoms with Gasteiger partial charge in [0.1, 0.15) is 12.0 Å². The van der Waals surface area contributed by atoms with E-state index < -0.39 is 0 Å². The molecule has 30 heavy (non-hydrogen) atoms. The highest BCUT2D eigenvalue weighted by Crippen LogP contribution is 2.29. The van der Waals surface area contributed by atoms with Gasteiger partial charge in [-0.05, 0) is 62.8 Å². The predicted octanol–water partition coefficient (Wildman–Crippen LogP) is 4.76. The van der Waals surface area contributed by atoms with Crippen molar-refractivity contribution >= 4 is 28.3 Å². The molecule has 0 saturated carbocycles. The number of aromatic nitrogens is 4. The minimum Gasteiger partial charge on any atom is -0.346 e. The second-order valence-corrected chi connectivity index (χ2v) is 8.91. The van der Waals surface area contributed by atoms with E-state index in [1.165, 1.54) is 17.7 Å². The smallest absolute Gasteiger partial charge is 0.280 e. The first-order chi connectivity index (χ1) is 14.6. The number of H-pyrrole nitrogens is 1. The number of benzene rings is 1. The molecule has 0 saturated heterocycles. The molecule has 1 amide bonds. The molecule has 5 rings (SSSR count). The third kappa shape index (κ3) is 3.39. The standard InChI is InChI=1S/C23H23N5OS/c1-13-11-15(20-17-9-10-24-21(17)26-12-25-20)7-8-16(13)14(2)27-22(29)23-28-18-5-3-4-6-19(18)30-23/h7-12,14H,3-6H2,1-2H3,(H,27,29)(H,24,25,26). The minimum atomic E-state index is -0.106. The average Bonchev–Trinajstić information content (AvgIpc) is 3.40. The molecular formula is C23H23N5OS. The van der Waals surface area contributed by atoms with Gasteiger partial charge in [0, 0.05) is 22.0 Å². The number of aryl methyl sites for hydroxylation is 3. The van der Waals surface area contributed by atoms with Crippen LogP contribution < -0.4 is 5.32 Å². The Balaban J connectivity index is 1.37. The lowest BCUT2D eigenvalue weighted by Crippen LogP contribution is -2.27. The second kappa shape index (κ2) is 7.65. The van der Waals surface area contributed by atoms with Crippen LogP contribution in [0.2, 0.25) is 0 Å². The number of fused-ring (bicyclic) bond motifs is 2. The Bertz CT molecular complexity index is 1220. The lowest BCUT2D eigenvalue weighted by molar-refractivity contribution is 0.0939. The van der Waals surface area contributed by atoms with Crippen LogP contribution in [-0.4, -0.2) is 25.8 Å². The maximum atomic E-state index is 12.8. The lowest BCUT2D eigenvalue weighted by Gasteiger charge is -2.17. The van der Waals surface area contributed by atoms with Crippen molar-refractivity contribution in [2.45, 2.75) is 45.6 Å². The number of nitrogens with zero attached hydrogens (tertiary/aromatic N) is 3. The zero-order valence-electron chi connectivity index (χ0n) is 17.0. The van der Waals surface area contributed by atoms with Gasteiger partial charge in [0.15, 0.2) is 5.01 Å². The van der Waals surface area contributed by atoms with Gasteiger partial charge in [-0.25, -0.2) is 15.0 Å². The third-order valence-electron chi connectivity index (χ3n) is 5.75. The summed E-state index contributed by atoms with van der Waals surface area (Å²) < 4.78 is 0. The number of nitrogens with one attached hydrogen (secondary N) is 2. The van der Waals surface area contributed by atoms with E-state index in [-0.39, 0.29) is 11.9 Å². The summed E-state index contributed by atoms with van der Waals surface area (Å²) in [6, 6.07) is 8.13. The predicted molar refractivity (Wildman–Crippen MR) is 119 cm³/mol. The number of carbonyl (C=O) groups excluding carboxylic acids is 1. The van der Waals surface area contributed by atoms with E-state index in [1.807, 2.05) is 19.2 Å². The Morgan fingerprint density at radius 1 is 1.20 bits per heavy atom. The van der Waals surface area contributed by atoms with E-state index in [9.17, 15) is 4.79 Å². The number of rotatable bonds is 4. The van der Waals surface area contributed by atoms with Gasteiger partial charge in [-0.1, -0.05) is 12.1 Å². The molecule has 1 aromatic carbocycles. The van der Waals surface area contributed by atoms with Crippen LogP contribution in [0, 0.1) is 6.92 Å². The molecule has 7 heteroatoms. The highest BCUT2D eigenvalue weighted by molar-refractivity contribution is 7.13. The largest absolute Gasteiger partial charge is 0.346 e. The van der Waals surface area contributed by atoms with Gasteiger partial charge in [0.05, 0.1) is 17.4 Å². The molecule has 1 aliphatic carbocycles. The number of aromatic amines is 1. The number of thiazole rings is 1. The quantitative estimate of drug-likeness (QED) is 0.501. The van der Waals surface area contributed by atoms with E-state index in [0.717, 1.165) is 52.0 Å². The summed E-state index contributed by atoms with van der Waals surface area (Å²) in [7, 11) is 0. The van der Waals surface area contributed by atoms with E-state index in [1.54, 1.807) is 17.7 Å². The Morgan fingerprint density at radius 3 is 2.90 bits per heavy atom. The molecule has 0 bridgehead atoms. The van der Waals surface area contributed by atoms with Crippen molar-refractivity contribution in [3.05, 3.63) is 63.5 Å². The SMILES string of the molecule is Cc1cc(-c2ncnc3[nH]ccc23)ccc1C(C)NC(=O)c1nc2c(s1)CCCC2.